The van der Waals surface area contributed by atoms with E-state index < -0.39 is 0 Å². The van der Waals surface area contributed by atoms with Crippen LogP contribution in [0.1, 0.15) is 36.4 Å². The molecule has 19 heavy (non-hydrogen) atoms. The number of amides is 1. The zero-order chi connectivity index (χ0) is 13.9. The van der Waals surface area contributed by atoms with Crippen molar-refractivity contribution in [2.24, 2.45) is 5.41 Å². The van der Waals surface area contributed by atoms with E-state index in [4.69, 9.17) is 11.6 Å². The first-order valence-corrected chi connectivity index (χ1v) is 8.56. The molecule has 1 amide bonds. The van der Waals surface area contributed by atoms with Crippen LogP contribution < -0.4 is 5.32 Å². The van der Waals surface area contributed by atoms with Gasteiger partial charge in [-0.25, -0.2) is 0 Å². The lowest BCUT2D eigenvalue weighted by Gasteiger charge is -2.24. The van der Waals surface area contributed by atoms with Crippen molar-refractivity contribution in [3.8, 4) is 0 Å². The monoisotopic (exact) mass is 315 g/mol. The lowest BCUT2D eigenvalue weighted by atomic mass is 9.88. The summed E-state index contributed by atoms with van der Waals surface area (Å²) in [7, 11) is 0. The number of hydrogen-bond acceptors (Lipinski definition) is 3. The quantitative estimate of drug-likeness (QED) is 0.767. The van der Waals surface area contributed by atoms with E-state index in [0.29, 0.717) is 12.4 Å². The van der Waals surface area contributed by atoms with Crippen molar-refractivity contribution in [1.29, 1.82) is 0 Å². The van der Waals surface area contributed by atoms with Gasteiger partial charge in [0.25, 0.3) is 5.91 Å². The van der Waals surface area contributed by atoms with Crippen LogP contribution in [0.15, 0.2) is 17.5 Å². The molecule has 0 atom stereocenters. The van der Waals surface area contributed by atoms with E-state index in [1.54, 1.807) is 22.7 Å². The van der Waals surface area contributed by atoms with Crippen molar-refractivity contribution in [1.82, 2.24) is 5.32 Å². The van der Waals surface area contributed by atoms with Gasteiger partial charge in [-0.2, -0.15) is 0 Å². The fourth-order valence-electron chi connectivity index (χ4n) is 1.92. The highest BCUT2D eigenvalue weighted by atomic mass is 35.5. The first-order valence-electron chi connectivity index (χ1n) is 6.33. The smallest absolute Gasteiger partial charge is 0.261 e. The van der Waals surface area contributed by atoms with Gasteiger partial charge in [-0.15, -0.1) is 34.3 Å². The predicted octanol–water partition coefficient (Wildman–Crippen LogP) is 4.74. The summed E-state index contributed by atoms with van der Waals surface area (Å²) in [6, 6.07) is 4.04. The highest BCUT2D eigenvalue weighted by Gasteiger charge is 2.19. The first kappa shape index (κ1) is 14.8. The standard InChI is InChI=1S/C14H18ClNOS2/c1-14(2,5-3-6-15)9-16-13(17)12-8-11-10(19-12)4-7-18-11/h4,7-8H,3,5-6,9H2,1-2H3,(H,16,17). The van der Waals surface area contributed by atoms with Crippen molar-refractivity contribution in [2.75, 3.05) is 12.4 Å². The maximum absolute atomic E-state index is 12.1. The largest absolute Gasteiger partial charge is 0.351 e. The third-order valence-corrected chi connectivity index (χ3v) is 5.44. The third-order valence-electron chi connectivity index (χ3n) is 3.08. The third kappa shape index (κ3) is 3.94. The molecule has 0 aliphatic rings. The first-order chi connectivity index (χ1) is 9.02. The van der Waals surface area contributed by atoms with Crippen LogP contribution in [0.5, 0.6) is 0 Å². The van der Waals surface area contributed by atoms with Gasteiger partial charge in [0.05, 0.1) is 4.88 Å². The van der Waals surface area contributed by atoms with Gasteiger partial charge in [-0.05, 0) is 35.8 Å². The maximum atomic E-state index is 12.1. The van der Waals surface area contributed by atoms with Crippen LogP contribution in [0.4, 0.5) is 0 Å². The summed E-state index contributed by atoms with van der Waals surface area (Å²) in [5, 5.41) is 5.09. The second kappa shape index (κ2) is 6.25. The topological polar surface area (TPSA) is 29.1 Å². The second-order valence-corrected chi connectivity index (χ2v) is 7.81. The average Bonchev–Trinajstić information content (AvgIpc) is 2.94. The fourth-order valence-corrected chi connectivity index (χ4v) is 4.08. The summed E-state index contributed by atoms with van der Waals surface area (Å²) < 4.78 is 2.38. The van der Waals surface area contributed by atoms with Gasteiger partial charge in [0.1, 0.15) is 0 Å². The summed E-state index contributed by atoms with van der Waals surface area (Å²) in [5.74, 6) is 0.714. The van der Waals surface area contributed by atoms with E-state index in [1.165, 1.54) is 9.40 Å². The molecule has 0 unspecified atom stereocenters. The van der Waals surface area contributed by atoms with Crippen molar-refractivity contribution in [3.05, 3.63) is 22.4 Å². The zero-order valence-electron chi connectivity index (χ0n) is 11.2. The average molecular weight is 316 g/mol. The molecule has 2 aromatic heterocycles. The molecule has 0 saturated heterocycles. The number of carbonyl (C=O) groups is 1. The van der Waals surface area contributed by atoms with E-state index in [0.717, 1.165) is 17.7 Å². The number of carbonyl (C=O) groups excluding carboxylic acids is 1. The molecule has 0 fully saturated rings. The summed E-state index contributed by atoms with van der Waals surface area (Å²) in [5.41, 5.74) is 0.0964. The maximum Gasteiger partial charge on any atom is 0.261 e. The van der Waals surface area contributed by atoms with Crippen molar-refractivity contribution < 1.29 is 4.79 Å². The Kier molecular flexibility index (Phi) is 4.87. The predicted molar refractivity (Wildman–Crippen MR) is 85.8 cm³/mol. The number of fused-ring (bicyclic) bond motifs is 1. The number of nitrogens with one attached hydrogen (secondary N) is 1. The highest BCUT2D eigenvalue weighted by Crippen LogP contribution is 2.30. The highest BCUT2D eigenvalue weighted by molar-refractivity contribution is 7.27. The number of alkyl halides is 1. The number of halogens is 1. The van der Waals surface area contributed by atoms with Gasteiger partial charge in [0.15, 0.2) is 0 Å². The Balaban J connectivity index is 1.92. The van der Waals surface area contributed by atoms with Crippen LogP contribution in [0.25, 0.3) is 9.40 Å². The summed E-state index contributed by atoms with van der Waals surface area (Å²) in [4.78, 5) is 12.9. The van der Waals surface area contributed by atoms with Gasteiger partial charge in [-0.1, -0.05) is 13.8 Å². The lowest BCUT2D eigenvalue weighted by molar-refractivity contribution is 0.0938. The molecule has 2 aromatic rings. The van der Waals surface area contributed by atoms with Crippen molar-refractivity contribution >= 4 is 49.6 Å². The van der Waals surface area contributed by atoms with E-state index in [-0.39, 0.29) is 11.3 Å². The molecule has 2 nitrogen and oxygen atoms in total. The Hall–Kier alpha value is -0.580. The molecule has 104 valence electrons. The van der Waals surface area contributed by atoms with Crippen LogP contribution in [0.2, 0.25) is 0 Å². The molecular weight excluding hydrogens is 298 g/mol. The van der Waals surface area contributed by atoms with Crippen LogP contribution in [-0.4, -0.2) is 18.3 Å². The molecule has 0 spiro atoms. The summed E-state index contributed by atoms with van der Waals surface area (Å²) in [6.07, 6.45) is 2.01. The molecule has 0 aliphatic carbocycles. The van der Waals surface area contributed by atoms with E-state index in [2.05, 4.69) is 30.6 Å². The van der Waals surface area contributed by atoms with Gasteiger partial charge in [-0.3, -0.25) is 4.79 Å². The minimum Gasteiger partial charge on any atom is -0.351 e. The second-order valence-electron chi connectivity index (χ2n) is 5.40. The van der Waals surface area contributed by atoms with Gasteiger partial charge in [0.2, 0.25) is 0 Å². The Morgan fingerprint density at radius 3 is 2.89 bits per heavy atom. The normalized spacial score (nSPS) is 11.9. The van der Waals surface area contributed by atoms with Crippen molar-refractivity contribution in [3.63, 3.8) is 0 Å². The molecule has 0 saturated carbocycles. The van der Waals surface area contributed by atoms with Crippen LogP contribution >= 0.6 is 34.3 Å². The van der Waals surface area contributed by atoms with Gasteiger partial charge in [0, 0.05) is 21.8 Å². The minimum atomic E-state index is 0.0346. The van der Waals surface area contributed by atoms with Crippen LogP contribution in [-0.2, 0) is 0 Å². The Morgan fingerprint density at radius 2 is 2.21 bits per heavy atom. The van der Waals surface area contributed by atoms with Gasteiger partial charge < -0.3 is 5.32 Å². The van der Waals surface area contributed by atoms with Crippen LogP contribution in [0, 0.1) is 5.41 Å². The number of hydrogen-bond donors (Lipinski definition) is 1. The Bertz CT molecular complexity index is 530. The molecule has 1 N–H and O–H groups in total. The molecule has 2 heterocycles. The van der Waals surface area contributed by atoms with Crippen LogP contribution in [0.3, 0.4) is 0 Å². The Morgan fingerprint density at radius 1 is 1.42 bits per heavy atom. The molecule has 5 heteroatoms. The van der Waals surface area contributed by atoms with Gasteiger partial charge >= 0.3 is 0 Å². The summed E-state index contributed by atoms with van der Waals surface area (Å²) >= 11 is 8.95. The number of thiophene rings is 2. The van der Waals surface area contributed by atoms with E-state index in [9.17, 15) is 4.79 Å². The molecule has 0 aliphatic heterocycles. The molecule has 0 radical (unpaired) electrons. The minimum absolute atomic E-state index is 0.0346. The Labute approximate surface area is 126 Å². The number of rotatable bonds is 6. The molecular formula is C14H18ClNOS2. The zero-order valence-corrected chi connectivity index (χ0v) is 13.6. The van der Waals surface area contributed by atoms with E-state index in [1.807, 2.05) is 6.07 Å². The van der Waals surface area contributed by atoms with Crippen molar-refractivity contribution in [2.45, 2.75) is 26.7 Å². The molecule has 0 bridgehead atoms. The molecule has 2 rings (SSSR count). The molecule has 0 aromatic carbocycles. The lowest BCUT2D eigenvalue weighted by Crippen LogP contribution is -2.33. The van der Waals surface area contributed by atoms with E-state index >= 15 is 0 Å². The summed E-state index contributed by atoms with van der Waals surface area (Å²) in [6.45, 7) is 5.01. The fraction of sp³-hybridized carbons (Fsp3) is 0.500. The SMILES string of the molecule is CC(C)(CCCCl)CNC(=O)c1cc2sccc2s1.